The molecule has 5 N–H and O–H groups in total. The summed E-state index contributed by atoms with van der Waals surface area (Å²) in [5.74, 6) is -0.588. The van der Waals surface area contributed by atoms with Gasteiger partial charge in [-0.1, -0.05) is 13.0 Å². The minimum atomic E-state index is -0.417. The van der Waals surface area contributed by atoms with E-state index in [-0.39, 0.29) is 11.6 Å². The molecule has 0 heterocycles. The van der Waals surface area contributed by atoms with Crippen LogP contribution in [0.3, 0.4) is 0 Å². The molecule has 0 aliphatic carbocycles. The standard InChI is InChI=1S/C14H18N6O/c1-3-6-18-14(21)10-5-4-9(2)11(7-10)19-20-12(8-15)13(16)17/h4-5,7,19H,3,6H2,1-2H3,(H3,16,17)(H,18,21)/b20-12+. The number of nitrogens with zero attached hydrogens (tertiary/aromatic N) is 2. The molecule has 0 radical (unpaired) electrons. The minimum Gasteiger partial charge on any atom is -0.382 e. The van der Waals surface area contributed by atoms with E-state index in [1.54, 1.807) is 24.3 Å². The van der Waals surface area contributed by atoms with Crippen LogP contribution in [-0.4, -0.2) is 24.0 Å². The summed E-state index contributed by atoms with van der Waals surface area (Å²) < 4.78 is 0. The maximum absolute atomic E-state index is 11.9. The lowest BCUT2D eigenvalue weighted by Crippen LogP contribution is -2.24. The van der Waals surface area contributed by atoms with Crippen molar-refractivity contribution in [3.63, 3.8) is 0 Å². The number of hydrogen-bond donors (Lipinski definition) is 4. The van der Waals surface area contributed by atoms with Crippen molar-refractivity contribution in [2.75, 3.05) is 12.0 Å². The zero-order chi connectivity index (χ0) is 15.8. The third-order valence-corrected chi connectivity index (χ3v) is 2.68. The molecule has 0 unspecified atom stereocenters. The van der Waals surface area contributed by atoms with Crippen molar-refractivity contribution in [1.29, 1.82) is 10.7 Å². The van der Waals surface area contributed by atoms with Crippen LogP contribution in [0.4, 0.5) is 5.69 Å². The third-order valence-electron chi connectivity index (χ3n) is 2.68. The molecule has 0 aliphatic rings. The summed E-state index contributed by atoms with van der Waals surface area (Å²) in [6.45, 7) is 4.42. The van der Waals surface area contributed by atoms with Crippen LogP contribution in [0.15, 0.2) is 23.3 Å². The van der Waals surface area contributed by atoms with Crippen molar-refractivity contribution in [2.24, 2.45) is 10.8 Å². The Morgan fingerprint density at radius 2 is 2.24 bits per heavy atom. The zero-order valence-corrected chi connectivity index (χ0v) is 12.0. The van der Waals surface area contributed by atoms with Gasteiger partial charge >= 0.3 is 0 Å². The molecule has 7 nitrogen and oxygen atoms in total. The van der Waals surface area contributed by atoms with Gasteiger partial charge in [0, 0.05) is 12.1 Å². The number of nitriles is 1. The molecular formula is C14H18N6O. The fraction of sp³-hybridized carbons (Fsp3) is 0.286. The highest BCUT2D eigenvalue weighted by atomic mass is 16.1. The average Bonchev–Trinajstić information content (AvgIpc) is 2.46. The van der Waals surface area contributed by atoms with E-state index < -0.39 is 5.84 Å². The molecule has 0 aliphatic heterocycles. The van der Waals surface area contributed by atoms with Crippen molar-refractivity contribution < 1.29 is 4.79 Å². The number of aryl methyl sites for hydroxylation is 1. The van der Waals surface area contributed by atoms with Crippen LogP contribution < -0.4 is 16.5 Å². The molecule has 1 rings (SSSR count). The molecule has 0 saturated heterocycles. The molecule has 0 saturated carbocycles. The van der Waals surface area contributed by atoms with Crippen LogP contribution in [0.5, 0.6) is 0 Å². The van der Waals surface area contributed by atoms with E-state index in [9.17, 15) is 4.79 Å². The maximum atomic E-state index is 11.9. The fourth-order valence-corrected chi connectivity index (χ4v) is 1.49. The highest BCUT2D eigenvalue weighted by molar-refractivity contribution is 6.45. The molecular weight excluding hydrogens is 268 g/mol. The second-order valence-electron chi connectivity index (χ2n) is 4.38. The van der Waals surface area contributed by atoms with Gasteiger partial charge in [0.2, 0.25) is 5.71 Å². The lowest BCUT2D eigenvalue weighted by molar-refractivity contribution is 0.0953. The predicted molar refractivity (Wildman–Crippen MR) is 82.4 cm³/mol. The maximum Gasteiger partial charge on any atom is 0.251 e. The normalized spacial score (nSPS) is 10.6. The number of amidine groups is 1. The second kappa shape index (κ2) is 7.65. The number of hydrazone groups is 1. The van der Waals surface area contributed by atoms with Gasteiger partial charge in [0.05, 0.1) is 5.69 Å². The topological polar surface area (TPSA) is 127 Å². The summed E-state index contributed by atoms with van der Waals surface area (Å²) in [5.41, 5.74) is 9.58. The van der Waals surface area contributed by atoms with Crippen LogP contribution in [0.2, 0.25) is 0 Å². The van der Waals surface area contributed by atoms with E-state index in [2.05, 4.69) is 15.8 Å². The molecule has 1 amide bonds. The monoisotopic (exact) mass is 286 g/mol. The highest BCUT2D eigenvalue weighted by Gasteiger charge is 2.08. The van der Waals surface area contributed by atoms with Gasteiger partial charge in [0.25, 0.3) is 5.91 Å². The van der Waals surface area contributed by atoms with E-state index >= 15 is 0 Å². The third kappa shape index (κ3) is 4.62. The number of anilines is 1. The van der Waals surface area contributed by atoms with Crippen LogP contribution in [-0.2, 0) is 0 Å². The smallest absolute Gasteiger partial charge is 0.251 e. The van der Waals surface area contributed by atoms with Crippen LogP contribution in [0.25, 0.3) is 0 Å². The van der Waals surface area contributed by atoms with Crippen LogP contribution >= 0.6 is 0 Å². The largest absolute Gasteiger partial charge is 0.382 e. The Hall–Kier alpha value is -2.88. The minimum absolute atomic E-state index is 0.170. The molecule has 21 heavy (non-hydrogen) atoms. The molecule has 0 aromatic heterocycles. The SMILES string of the molecule is CCCNC(=O)c1ccc(C)c(N/N=C(\C#N)C(=N)N)c1. The van der Waals surface area contributed by atoms with E-state index in [1.165, 1.54) is 0 Å². The van der Waals surface area contributed by atoms with Crippen molar-refractivity contribution in [1.82, 2.24) is 5.32 Å². The molecule has 1 aromatic rings. The Kier molecular flexibility index (Phi) is 5.89. The van der Waals surface area contributed by atoms with E-state index in [4.69, 9.17) is 16.4 Å². The lowest BCUT2D eigenvalue weighted by Gasteiger charge is -2.09. The Bertz CT molecular complexity index is 614. The first kappa shape index (κ1) is 16.2. The van der Waals surface area contributed by atoms with Gasteiger partial charge in [0.15, 0.2) is 5.84 Å². The Labute approximate surface area is 123 Å². The summed E-state index contributed by atoms with van der Waals surface area (Å²) in [4.78, 5) is 11.9. The van der Waals surface area contributed by atoms with Crippen molar-refractivity contribution in [2.45, 2.75) is 20.3 Å². The first-order valence-corrected chi connectivity index (χ1v) is 6.46. The van der Waals surface area contributed by atoms with Crippen molar-refractivity contribution in [3.8, 4) is 6.07 Å². The van der Waals surface area contributed by atoms with Gasteiger partial charge < -0.3 is 11.1 Å². The molecule has 7 heteroatoms. The second-order valence-corrected chi connectivity index (χ2v) is 4.38. The van der Waals surface area contributed by atoms with Gasteiger partial charge in [-0.25, -0.2) is 0 Å². The summed E-state index contributed by atoms with van der Waals surface area (Å²) in [6, 6.07) is 6.84. The average molecular weight is 286 g/mol. The number of benzene rings is 1. The Morgan fingerprint density at radius 3 is 2.81 bits per heavy atom. The first-order chi connectivity index (χ1) is 9.99. The number of hydrogen-bond acceptors (Lipinski definition) is 5. The van der Waals surface area contributed by atoms with E-state index in [0.717, 1.165) is 12.0 Å². The molecule has 0 bridgehead atoms. The number of carbonyl (C=O) groups is 1. The van der Waals surface area contributed by atoms with Gasteiger partial charge in [-0.15, -0.1) is 0 Å². The lowest BCUT2D eigenvalue weighted by atomic mass is 10.1. The van der Waals surface area contributed by atoms with Gasteiger partial charge in [-0.3, -0.25) is 15.6 Å². The molecule has 0 spiro atoms. The van der Waals surface area contributed by atoms with E-state index in [0.29, 0.717) is 17.8 Å². The summed E-state index contributed by atoms with van der Waals surface area (Å²) in [6.07, 6.45) is 0.858. The highest BCUT2D eigenvalue weighted by Crippen LogP contribution is 2.17. The summed E-state index contributed by atoms with van der Waals surface area (Å²) in [7, 11) is 0. The summed E-state index contributed by atoms with van der Waals surface area (Å²) >= 11 is 0. The quantitative estimate of drug-likeness (QED) is 0.357. The van der Waals surface area contributed by atoms with Crippen molar-refractivity contribution >= 4 is 23.1 Å². The van der Waals surface area contributed by atoms with Gasteiger partial charge in [-0.2, -0.15) is 10.4 Å². The Morgan fingerprint density at radius 1 is 1.52 bits per heavy atom. The van der Waals surface area contributed by atoms with E-state index in [1.807, 2.05) is 13.8 Å². The zero-order valence-electron chi connectivity index (χ0n) is 12.0. The number of carbonyl (C=O) groups excluding carboxylic acids is 1. The fourth-order valence-electron chi connectivity index (χ4n) is 1.49. The van der Waals surface area contributed by atoms with Crippen molar-refractivity contribution in [3.05, 3.63) is 29.3 Å². The number of amides is 1. The van der Waals surface area contributed by atoms with Gasteiger partial charge in [-0.05, 0) is 31.0 Å². The summed E-state index contributed by atoms with van der Waals surface area (Å²) in [5, 5.41) is 22.5. The number of rotatable bonds is 6. The number of nitrogens with two attached hydrogens (primary N) is 1. The predicted octanol–water partition coefficient (Wildman–Crippen LogP) is 1.36. The number of nitrogens with one attached hydrogen (secondary N) is 3. The van der Waals surface area contributed by atoms with Crippen LogP contribution in [0.1, 0.15) is 29.3 Å². The van der Waals surface area contributed by atoms with Gasteiger partial charge in [0.1, 0.15) is 6.07 Å². The first-order valence-electron chi connectivity index (χ1n) is 6.46. The molecule has 1 aromatic carbocycles. The molecule has 0 fully saturated rings. The molecule has 0 atom stereocenters. The Balaban J connectivity index is 2.96. The molecule has 110 valence electrons. The van der Waals surface area contributed by atoms with Crippen LogP contribution in [0, 0.1) is 23.7 Å².